The number of aromatic nitrogens is 2. The molecule has 5 nitrogen and oxygen atoms in total. The minimum Gasteiger partial charge on any atom is -0.381 e. The second-order valence-corrected chi connectivity index (χ2v) is 9.39. The van der Waals surface area contributed by atoms with Gasteiger partial charge in [-0.05, 0) is 55.5 Å². The lowest BCUT2D eigenvalue weighted by Crippen LogP contribution is -2.45. The number of aryl methyl sites for hydroxylation is 2. The van der Waals surface area contributed by atoms with Crippen molar-refractivity contribution in [3.05, 3.63) is 70.1 Å². The highest BCUT2D eigenvalue weighted by molar-refractivity contribution is 6.35. The highest BCUT2D eigenvalue weighted by Gasteiger charge is 2.43. The predicted octanol–water partition coefficient (Wildman–Crippen LogP) is 5.88. The molecule has 3 heterocycles. The van der Waals surface area contributed by atoms with Crippen LogP contribution in [0.1, 0.15) is 37.1 Å². The predicted molar refractivity (Wildman–Crippen MR) is 127 cm³/mol. The molecule has 0 aliphatic carbocycles. The number of carbonyl (C=O) groups is 1. The summed E-state index contributed by atoms with van der Waals surface area (Å²) in [6.07, 6.45) is 6.64. The lowest BCUT2D eigenvalue weighted by molar-refractivity contribution is -0.125. The molecule has 2 aliphatic rings. The van der Waals surface area contributed by atoms with Crippen LogP contribution in [0.4, 0.5) is 5.69 Å². The lowest BCUT2D eigenvalue weighted by Gasteiger charge is -2.36. The first-order valence-corrected chi connectivity index (χ1v) is 11.8. The Morgan fingerprint density at radius 1 is 1.09 bits per heavy atom. The van der Waals surface area contributed by atoms with Gasteiger partial charge in [0, 0.05) is 53.7 Å². The van der Waals surface area contributed by atoms with Gasteiger partial charge in [-0.3, -0.25) is 4.79 Å². The molecule has 1 aromatic heterocycles. The van der Waals surface area contributed by atoms with Crippen LogP contribution >= 0.6 is 23.2 Å². The molecule has 1 fully saturated rings. The van der Waals surface area contributed by atoms with E-state index in [-0.39, 0.29) is 5.91 Å². The topological polar surface area (TPSA) is 56.2 Å². The Kier molecular flexibility index (Phi) is 5.97. The van der Waals surface area contributed by atoms with Crippen LogP contribution in [0.15, 0.2) is 48.7 Å². The van der Waals surface area contributed by atoms with Crippen molar-refractivity contribution in [1.82, 2.24) is 9.55 Å². The molecule has 2 aliphatic heterocycles. The van der Waals surface area contributed by atoms with Gasteiger partial charge in [-0.2, -0.15) is 0 Å². The van der Waals surface area contributed by atoms with Crippen LogP contribution in [0.25, 0.3) is 11.3 Å². The van der Waals surface area contributed by atoms with Crippen molar-refractivity contribution in [2.24, 2.45) is 0 Å². The molecule has 0 saturated carbocycles. The third-order valence-corrected chi connectivity index (χ3v) is 7.10. The monoisotopic (exact) mass is 469 g/mol. The number of fused-ring (bicyclic) bond motifs is 1. The fraction of sp³-hybridized carbons (Fsp3) is 0.360. The van der Waals surface area contributed by atoms with Crippen LogP contribution in [-0.2, 0) is 27.9 Å². The molecule has 0 atom stereocenters. The molecule has 2 aromatic carbocycles. The maximum absolute atomic E-state index is 13.7. The number of rotatable bonds is 4. The highest BCUT2D eigenvalue weighted by Crippen LogP contribution is 2.40. The number of carbonyl (C=O) groups excluding carboxylic acids is 1. The molecule has 3 aromatic rings. The number of imidazole rings is 1. The van der Waals surface area contributed by atoms with E-state index >= 15 is 0 Å². The molecule has 5 rings (SSSR count). The van der Waals surface area contributed by atoms with Gasteiger partial charge in [0.05, 0.1) is 11.1 Å². The summed E-state index contributed by atoms with van der Waals surface area (Å²) in [6.45, 7) is 2.03. The molecule has 0 unspecified atom stereocenters. The van der Waals surface area contributed by atoms with Crippen molar-refractivity contribution >= 4 is 34.8 Å². The first kappa shape index (κ1) is 21.5. The van der Waals surface area contributed by atoms with Crippen molar-refractivity contribution < 1.29 is 9.53 Å². The van der Waals surface area contributed by atoms with E-state index in [4.69, 9.17) is 32.9 Å². The van der Waals surface area contributed by atoms with Crippen LogP contribution < -0.4 is 5.32 Å². The molecule has 7 heteroatoms. The fourth-order valence-electron chi connectivity index (χ4n) is 4.77. The van der Waals surface area contributed by atoms with Crippen molar-refractivity contribution in [3.63, 3.8) is 0 Å². The number of anilines is 1. The number of halogens is 2. The van der Waals surface area contributed by atoms with E-state index in [0.717, 1.165) is 41.3 Å². The summed E-state index contributed by atoms with van der Waals surface area (Å²) in [4.78, 5) is 18.5. The van der Waals surface area contributed by atoms with E-state index < -0.39 is 5.41 Å². The number of nitrogens with one attached hydrogen (secondary N) is 1. The Labute approximate surface area is 197 Å². The summed E-state index contributed by atoms with van der Waals surface area (Å²) < 4.78 is 7.81. The Hall–Kier alpha value is -2.34. The number of hydrogen-bond donors (Lipinski definition) is 1. The average Bonchev–Trinajstić information content (AvgIpc) is 3.24. The van der Waals surface area contributed by atoms with Gasteiger partial charge < -0.3 is 14.6 Å². The van der Waals surface area contributed by atoms with Crippen LogP contribution in [0, 0.1) is 0 Å². The van der Waals surface area contributed by atoms with Crippen LogP contribution in [-0.4, -0.2) is 28.7 Å². The minimum atomic E-state index is -0.760. The molecule has 32 heavy (non-hydrogen) atoms. The van der Waals surface area contributed by atoms with Crippen LogP contribution in [0.5, 0.6) is 0 Å². The first-order chi connectivity index (χ1) is 15.5. The number of hydrogen-bond acceptors (Lipinski definition) is 3. The molecular formula is C25H25Cl2N3O2. The Bertz CT molecular complexity index is 1130. The molecular weight excluding hydrogens is 445 g/mol. The zero-order chi connectivity index (χ0) is 22.1. The minimum absolute atomic E-state index is 0.0775. The van der Waals surface area contributed by atoms with Crippen LogP contribution in [0.2, 0.25) is 10.0 Å². The SMILES string of the molecule is O=C(Nc1cccc(-c2cn3c(n2)CCCC3)c1)C1(c2ccc(Cl)cc2Cl)CCOCC1. The van der Waals surface area contributed by atoms with Gasteiger partial charge in [0.15, 0.2) is 0 Å². The Balaban J connectivity index is 1.44. The first-order valence-electron chi connectivity index (χ1n) is 11.1. The van der Waals surface area contributed by atoms with Crippen molar-refractivity contribution in [2.75, 3.05) is 18.5 Å². The largest absolute Gasteiger partial charge is 0.381 e. The van der Waals surface area contributed by atoms with Gasteiger partial charge in [-0.25, -0.2) is 4.98 Å². The summed E-state index contributed by atoms with van der Waals surface area (Å²) in [6, 6.07) is 13.2. The van der Waals surface area contributed by atoms with Crippen LogP contribution in [0.3, 0.4) is 0 Å². The third kappa shape index (κ3) is 4.05. The molecule has 0 bridgehead atoms. The zero-order valence-electron chi connectivity index (χ0n) is 17.7. The standard InChI is InChI=1S/C25H25Cl2N3O2/c26-18-7-8-20(21(27)15-18)25(9-12-32-13-10-25)24(31)28-19-5-3-4-17(14-19)22-16-30-11-2-1-6-23(30)29-22/h3-5,7-8,14-16H,1-2,6,9-13H2,(H,28,31). The van der Waals surface area contributed by atoms with E-state index in [9.17, 15) is 4.79 Å². The Morgan fingerprint density at radius 2 is 1.94 bits per heavy atom. The second kappa shape index (κ2) is 8.89. The van der Waals surface area contributed by atoms with Crippen molar-refractivity contribution in [3.8, 4) is 11.3 Å². The third-order valence-electron chi connectivity index (χ3n) is 6.55. The summed E-state index contributed by atoms with van der Waals surface area (Å²) in [7, 11) is 0. The maximum atomic E-state index is 13.7. The molecule has 0 radical (unpaired) electrons. The van der Waals surface area contributed by atoms with E-state index in [0.29, 0.717) is 36.1 Å². The fourth-order valence-corrected chi connectivity index (χ4v) is 5.36. The molecule has 166 valence electrons. The van der Waals surface area contributed by atoms with Crippen molar-refractivity contribution in [2.45, 2.75) is 44.1 Å². The quantitative estimate of drug-likeness (QED) is 0.518. The van der Waals surface area contributed by atoms with E-state index in [1.165, 1.54) is 12.8 Å². The van der Waals surface area contributed by atoms with E-state index in [1.807, 2.05) is 30.3 Å². The smallest absolute Gasteiger partial charge is 0.235 e. The normalized spacial score (nSPS) is 17.6. The summed E-state index contributed by atoms with van der Waals surface area (Å²) in [5.74, 6) is 1.06. The summed E-state index contributed by atoms with van der Waals surface area (Å²) in [5.41, 5.74) is 2.72. The molecule has 0 spiro atoms. The van der Waals surface area contributed by atoms with Gasteiger partial charge in [-0.1, -0.05) is 41.4 Å². The number of amides is 1. The van der Waals surface area contributed by atoms with Gasteiger partial charge in [0.25, 0.3) is 0 Å². The zero-order valence-corrected chi connectivity index (χ0v) is 19.3. The second-order valence-electron chi connectivity index (χ2n) is 8.55. The maximum Gasteiger partial charge on any atom is 0.235 e. The summed E-state index contributed by atoms with van der Waals surface area (Å²) in [5, 5.41) is 4.20. The van der Waals surface area contributed by atoms with Gasteiger partial charge in [0.1, 0.15) is 5.82 Å². The highest BCUT2D eigenvalue weighted by atomic mass is 35.5. The molecule has 1 amide bonds. The number of benzene rings is 2. The lowest BCUT2D eigenvalue weighted by atomic mass is 9.73. The molecule has 1 saturated heterocycles. The van der Waals surface area contributed by atoms with E-state index in [2.05, 4.69) is 16.1 Å². The molecule has 1 N–H and O–H groups in total. The Morgan fingerprint density at radius 3 is 2.72 bits per heavy atom. The average molecular weight is 470 g/mol. The van der Waals surface area contributed by atoms with Crippen molar-refractivity contribution in [1.29, 1.82) is 0 Å². The van der Waals surface area contributed by atoms with Gasteiger partial charge in [0.2, 0.25) is 5.91 Å². The van der Waals surface area contributed by atoms with Gasteiger partial charge >= 0.3 is 0 Å². The number of nitrogens with zero attached hydrogens (tertiary/aromatic N) is 2. The number of ether oxygens (including phenoxy) is 1. The van der Waals surface area contributed by atoms with E-state index in [1.54, 1.807) is 12.1 Å². The van der Waals surface area contributed by atoms with Gasteiger partial charge in [-0.15, -0.1) is 0 Å². The summed E-state index contributed by atoms with van der Waals surface area (Å²) >= 11 is 12.6.